The van der Waals surface area contributed by atoms with Gasteiger partial charge in [-0.05, 0) is 50.7 Å². The first-order valence-corrected chi connectivity index (χ1v) is 6.31. The summed E-state index contributed by atoms with van der Waals surface area (Å²) in [4.78, 5) is 4.20. The molecule has 0 N–H and O–H groups in total. The van der Waals surface area contributed by atoms with E-state index >= 15 is 0 Å². The Labute approximate surface area is 113 Å². The molecule has 0 radical (unpaired) electrons. The lowest BCUT2D eigenvalue weighted by atomic mass is 10.2. The van der Waals surface area contributed by atoms with Crippen molar-refractivity contribution in [1.29, 1.82) is 0 Å². The van der Waals surface area contributed by atoms with Crippen LogP contribution in [0.2, 0.25) is 10.0 Å². The zero-order valence-electron chi connectivity index (χ0n) is 6.69. The molecule has 0 aliphatic rings. The highest BCUT2D eigenvalue weighted by Gasteiger charge is 2.10. The van der Waals surface area contributed by atoms with Gasteiger partial charge in [0.25, 0.3) is 0 Å². The van der Waals surface area contributed by atoms with Crippen molar-refractivity contribution in [3.8, 4) is 0 Å². The molecule has 0 amide bonds. The molecular formula is C9H3BrCl2IN. The molecule has 0 fully saturated rings. The Morgan fingerprint density at radius 2 is 1.93 bits per heavy atom. The first-order chi connectivity index (χ1) is 6.61. The van der Waals surface area contributed by atoms with E-state index < -0.39 is 0 Å². The van der Waals surface area contributed by atoms with Crippen LogP contribution in [0.25, 0.3) is 10.9 Å². The number of rotatable bonds is 0. The monoisotopic (exact) mass is 401 g/mol. The van der Waals surface area contributed by atoms with Gasteiger partial charge in [-0.15, -0.1) is 0 Å². The van der Waals surface area contributed by atoms with Gasteiger partial charge in [-0.2, -0.15) is 0 Å². The molecule has 0 unspecified atom stereocenters. The molecule has 2 aromatic rings. The van der Waals surface area contributed by atoms with Crippen LogP contribution in [0, 0.1) is 3.57 Å². The average molecular weight is 403 g/mol. The van der Waals surface area contributed by atoms with Crippen LogP contribution in [0.3, 0.4) is 0 Å². The second-order valence-electron chi connectivity index (χ2n) is 2.67. The summed E-state index contributed by atoms with van der Waals surface area (Å²) < 4.78 is 1.92. The molecule has 0 aliphatic carbocycles. The van der Waals surface area contributed by atoms with Crippen LogP contribution in [0.1, 0.15) is 0 Å². The highest BCUT2D eigenvalue weighted by molar-refractivity contribution is 14.1. The summed E-state index contributed by atoms with van der Waals surface area (Å²) in [5.41, 5.74) is 0.773. The minimum Gasteiger partial charge on any atom is -0.253 e. The Balaban J connectivity index is 3.01. The van der Waals surface area contributed by atoms with E-state index in [1.165, 1.54) is 0 Å². The number of nitrogens with zero attached hydrogens (tertiary/aromatic N) is 1. The largest absolute Gasteiger partial charge is 0.253 e. The maximum atomic E-state index is 6.02. The van der Waals surface area contributed by atoms with E-state index in [2.05, 4.69) is 43.5 Å². The highest BCUT2D eigenvalue weighted by atomic mass is 127. The maximum Gasteiger partial charge on any atom is 0.0911 e. The summed E-state index contributed by atoms with van der Waals surface area (Å²) in [7, 11) is 0. The van der Waals surface area contributed by atoms with Crippen molar-refractivity contribution >= 4 is 72.6 Å². The fourth-order valence-electron chi connectivity index (χ4n) is 1.17. The van der Waals surface area contributed by atoms with Gasteiger partial charge >= 0.3 is 0 Å². The van der Waals surface area contributed by atoms with Crippen molar-refractivity contribution < 1.29 is 0 Å². The normalized spacial score (nSPS) is 10.9. The fraction of sp³-hybridized carbons (Fsp3) is 0. The number of hydrogen-bond donors (Lipinski definition) is 0. The molecule has 0 saturated heterocycles. The number of benzene rings is 1. The molecule has 2 rings (SSSR count). The van der Waals surface area contributed by atoms with Gasteiger partial charge in [0.2, 0.25) is 0 Å². The summed E-state index contributed by atoms with van der Waals surface area (Å²) >= 11 is 17.6. The van der Waals surface area contributed by atoms with Gasteiger partial charge in [-0.25, -0.2) is 0 Å². The van der Waals surface area contributed by atoms with Crippen LogP contribution in [0.4, 0.5) is 0 Å². The molecule has 14 heavy (non-hydrogen) atoms. The lowest BCUT2D eigenvalue weighted by molar-refractivity contribution is 1.40. The third-order valence-corrected chi connectivity index (χ3v) is 4.36. The molecule has 0 aliphatic heterocycles. The Bertz CT molecular complexity index is 516. The Kier molecular flexibility index (Phi) is 3.21. The zero-order chi connectivity index (χ0) is 10.3. The third-order valence-electron chi connectivity index (χ3n) is 1.81. The third kappa shape index (κ3) is 1.75. The molecule has 0 bridgehead atoms. The summed E-state index contributed by atoms with van der Waals surface area (Å²) in [6, 6.07) is 3.77. The van der Waals surface area contributed by atoms with Crippen LogP contribution < -0.4 is 0 Å². The standard InChI is InChI=1S/C9H3BrCl2IN/c10-8-5(12)3-14-9-4(11)1-2-6(13)7(8)9/h1-3H. The lowest BCUT2D eigenvalue weighted by Crippen LogP contribution is -1.86. The van der Waals surface area contributed by atoms with E-state index in [4.69, 9.17) is 23.2 Å². The van der Waals surface area contributed by atoms with E-state index in [9.17, 15) is 0 Å². The Morgan fingerprint density at radius 3 is 2.64 bits per heavy atom. The molecule has 0 atom stereocenters. The topological polar surface area (TPSA) is 12.9 Å². The van der Waals surface area contributed by atoms with E-state index in [0.29, 0.717) is 10.0 Å². The first-order valence-electron chi connectivity index (χ1n) is 3.69. The molecule has 72 valence electrons. The van der Waals surface area contributed by atoms with Crippen molar-refractivity contribution in [2.75, 3.05) is 0 Å². The van der Waals surface area contributed by atoms with Gasteiger partial charge in [0.15, 0.2) is 0 Å². The van der Waals surface area contributed by atoms with Gasteiger partial charge in [0.05, 0.1) is 15.6 Å². The Morgan fingerprint density at radius 1 is 1.21 bits per heavy atom. The van der Waals surface area contributed by atoms with Crippen LogP contribution in [0.5, 0.6) is 0 Å². The van der Waals surface area contributed by atoms with E-state index in [-0.39, 0.29) is 0 Å². The van der Waals surface area contributed by atoms with Gasteiger partial charge in [-0.1, -0.05) is 23.2 Å². The second kappa shape index (κ2) is 4.12. The van der Waals surface area contributed by atoms with Gasteiger partial charge in [0, 0.05) is 19.6 Å². The molecule has 1 heterocycles. The molecule has 0 spiro atoms. The van der Waals surface area contributed by atoms with E-state index in [0.717, 1.165) is 18.9 Å². The molecular weight excluding hydrogens is 400 g/mol. The van der Waals surface area contributed by atoms with Crippen LogP contribution >= 0.6 is 61.7 Å². The number of pyridine rings is 1. The average Bonchev–Trinajstić information content (AvgIpc) is 2.16. The van der Waals surface area contributed by atoms with Crippen LogP contribution in [-0.2, 0) is 0 Å². The lowest BCUT2D eigenvalue weighted by Gasteiger charge is -2.05. The zero-order valence-corrected chi connectivity index (χ0v) is 11.9. The predicted molar refractivity (Wildman–Crippen MR) is 72.2 cm³/mol. The minimum absolute atomic E-state index is 0.595. The molecule has 0 saturated carbocycles. The SMILES string of the molecule is Clc1cnc2c(Cl)ccc(I)c2c1Br. The minimum atomic E-state index is 0.595. The molecule has 1 aromatic carbocycles. The van der Waals surface area contributed by atoms with Crippen molar-refractivity contribution in [2.45, 2.75) is 0 Å². The molecule has 1 aromatic heterocycles. The van der Waals surface area contributed by atoms with E-state index in [1.807, 2.05) is 12.1 Å². The van der Waals surface area contributed by atoms with Crippen LogP contribution in [0.15, 0.2) is 22.8 Å². The molecule has 1 nitrogen and oxygen atoms in total. The summed E-state index contributed by atoms with van der Waals surface area (Å²) in [5.74, 6) is 0. The summed E-state index contributed by atoms with van der Waals surface area (Å²) in [5, 5.41) is 2.20. The highest BCUT2D eigenvalue weighted by Crippen LogP contribution is 2.35. The van der Waals surface area contributed by atoms with Crippen molar-refractivity contribution in [3.05, 3.63) is 36.4 Å². The smallest absolute Gasteiger partial charge is 0.0911 e. The first kappa shape index (κ1) is 10.9. The Hall–Kier alpha value is 0.420. The maximum absolute atomic E-state index is 6.02. The number of halogens is 4. The molecule has 5 heteroatoms. The fourth-order valence-corrected chi connectivity index (χ4v) is 3.10. The van der Waals surface area contributed by atoms with Crippen molar-refractivity contribution in [2.24, 2.45) is 0 Å². The predicted octanol–water partition coefficient (Wildman–Crippen LogP) is 4.91. The van der Waals surface area contributed by atoms with Crippen LogP contribution in [-0.4, -0.2) is 4.98 Å². The quantitative estimate of drug-likeness (QED) is 0.571. The van der Waals surface area contributed by atoms with Gasteiger partial charge in [-0.3, -0.25) is 4.98 Å². The van der Waals surface area contributed by atoms with E-state index in [1.54, 1.807) is 6.20 Å². The van der Waals surface area contributed by atoms with Crippen molar-refractivity contribution in [3.63, 3.8) is 0 Å². The number of fused-ring (bicyclic) bond motifs is 1. The number of aromatic nitrogens is 1. The van der Waals surface area contributed by atoms with Gasteiger partial charge in [0.1, 0.15) is 0 Å². The van der Waals surface area contributed by atoms with Gasteiger partial charge < -0.3 is 0 Å². The van der Waals surface area contributed by atoms with Crippen molar-refractivity contribution in [1.82, 2.24) is 4.98 Å². The number of hydrogen-bond acceptors (Lipinski definition) is 1. The second-order valence-corrected chi connectivity index (χ2v) is 5.44. The summed E-state index contributed by atoms with van der Waals surface area (Å²) in [6.07, 6.45) is 1.59. The summed E-state index contributed by atoms with van der Waals surface area (Å²) in [6.45, 7) is 0.